The van der Waals surface area contributed by atoms with Crippen molar-refractivity contribution in [3.05, 3.63) is 59.7 Å². The molecule has 106 valence electrons. The highest BCUT2D eigenvalue weighted by molar-refractivity contribution is 5.57. The minimum absolute atomic E-state index is 0.239. The van der Waals surface area contributed by atoms with Gasteiger partial charge in [0.1, 0.15) is 5.75 Å². The summed E-state index contributed by atoms with van der Waals surface area (Å²) < 4.78 is 31.5. The van der Waals surface area contributed by atoms with Crippen molar-refractivity contribution in [2.45, 2.75) is 6.04 Å². The smallest absolute Gasteiger partial charge is 0.159 e. The van der Waals surface area contributed by atoms with Crippen molar-refractivity contribution in [3.63, 3.8) is 0 Å². The van der Waals surface area contributed by atoms with E-state index in [1.807, 2.05) is 18.2 Å². The van der Waals surface area contributed by atoms with Crippen LogP contribution < -0.4 is 15.8 Å². The molecule has 0 aliphatic rings. The first-order chi connectivity index (χ1) is 9.65. The molecule has 0 bridgehead atoms. The Morgan fingerprint density at radius 1 is 1.15 bits per heavy atom. The molecule has 0 saturated heterocycles. The molecule has 0 amide bonds. The summed E-state index contributed by atoms with van der Waals surface area (Å²) >= 11 is 0. The van der Waals surface area contributed by atoms with Crippen molar-refractivity contribution in [1.29, 1.82) is 0 Å². The average Bonchev–Trinajstić information content (AvgIpc) is 2.48. The zero-order chi connectivity index (χ0) is 14.5. The van der Waals surface area contributed by atoms with Gasteiger partial charge in [-0.05, 0) is 29.8 Å². The van der Waals surface area contributed by atoms with Crippen LogP contribution >= 0.6 is 0 Å². The second kappa shape index (κ2) is 6.34. The van der Waals surface area contributed by atoms with Crippen molar-refractivity contribution in [3.8, 4) is 5.75 Å². The summed E-state index contributed by atoms with van der Waals surface area (Å²) in [6, 6.07) is 10.8. The SMILES string of the molecule is COc1ccccc1NC(CN)c1ccc(F)c(F)c1. The maximum atomic E-state index is 13.3. The van der Waals surface area contributed by atoms with Crippen LogP contribution in [0.5, 0.6) is 5.75 Å². The Labute approximate surface area is 116 Å². The molecule has 0 fully saturated rings. The van der Waals surface area contributed by atoms with E-state index in [1.54, 1.807) is 13.2 Å². The molecular formula is C15H16F2N2O. The molecule has 2 aromatic rings. The number of rotatable bonds is 5. The number of para-hydroxylation sites is 2. The summed E-state index contributed by atoms with van der Waals surface area (Å²) in [5, 5.41) is 3.17. The van der Waals surface area contributed by atoms with Gasteiger partial charge in [0.15, 0.2) is 11.6 Å². The van der Waals surface area contributed by atoms with Crippen LogP contribution in [0.1, 0.15) is 11.6 Å². The van der Waals surface area contributed by atoms with E-state index in [0.29, 0.717) is 11.3 Å². The van der Waals surface area contributed by atoms with Crippen LogP contribution in [0.4, 0.5) is 14.5 Å². The van der Waals surface area contributed by atoms with Crippen LogP contribution in [-0.2, 0) is 0 Å². The minimum Gasteiger partial charge on any atom is -0.495 e. The van der Waals surface area contributed by atoms with Gasteiger partial charge < -0.3 is 15.8 Å². The van der Waals surface area contributed by atoms with Gasteiger partial charge in [-0.25, -0.2) is 8.78 Å². The molecule has 2 aromatic carbocycles. The van der Waals surface area contributed by atoms with E-state index in [-0.39, 0.29) is 12.6 Å². The van der Waals surface area contributed by atoms with Gasteiger partial charge in [-0.3, -0.25) is 0 Å². The maximum Gasteiger partial charge on any atom is 0.159 e. The third kappa shape index (κ3) is 3.05. The first kappa shape index (κ1) is 14.3. The highest BCUT2D eigenvalue weighted by Crippen LogP contribution is 2.27. The quantitative estimate of drug-likeness (QED) is 0.883. The van der Waals surface area contributed by atoms with E-state index in [4.69, 9.17) is 10.5 Å². The van der Waals surface area contributed by atoms with E-state index in [2.05, 4.69) is 5.32 Å². The molecule has 1 atom stereocenters. The molecule has 0 saturated carbocycles. The maximum absolute atomic E-state index is 13.3. The fraction of sp³-hybridized carbons (Fsp3) is 0.200. The molecule has 0 heterocycles. The number of nitrogens with one attached hydrogen (secondary N) is 1. The van der Waals surface area contributed by atoms with Crippen LogP contribution in [-0.4, -0.2) is 13.7 Å². The van der Waals surface area contributed by atoms with E-state index in [0.717, 1.165) is 17.8 Å². The van der Waals surface area contributed by atoms with Crippen molar-refractivity contribution in [1.82, 2.24) is 0 Å². The third-order valence-electron chi connectivity index (χ3n) is 3.02. The molecule has 0 radical (unpaired) electrons. The summed E-state index contributed by atoms with van der Waals surface area (Å²) in [5.41, 5.74) is 7.04. The number of hydrogen-bond donors (Lipinski definition) is 2. The Morgan fingerprint density at radius 2 is 1.90 bits per heavy atom. The van der Waals surface area contributed by atoms with Gasteiger partial charge in [-0.2, -0.15) is 0 Å². The average molecular weight is 278 g/mol. The number of ether oxygens (including phenoxy) is 1. The molecule has 2 rings (SSSR count). The van der Waals surface area contributed by atoms with Crippen LogP contribution in [0, 0.1) is 11.6 Å². The van der Waals surface area contributed by atoms with Gasteiger partial charge in [0.25, 0.3) is 0 Å². The monoisotopic (exact) mass is 278 g/mol. The third-order valence-corrected chi connectivity index (χ3v) is 3.02. The van der Waals surface area contributed by atoms with Crippen molar-refractivity contribution < 1.29 is 13.5 Å². The van der Waals surface area contributed by atoms with Gasteiger partial charge in [0.05, 0.1) is 18.8 Å². The molecule has 0 spiro atoms. The molecule has 3 N–H and O–H groups in total. The first-order valence-corrected chi connectivity index (χ1v) is 6.20. The zero-order valence-corrected chi connectivity index (χ0v) is 11.1. The number of nitrogens with two attached hydrogens (primary N) is 1. The lowest BCUT2D eigenvalue weighted by Gasteiger charge is -2.20. The van der Waals surface area contributed by atoms with E-state index >= 15 is 0 Å². The normalized spacial score (nSPS) is 12.0. The Kier molecular flexibility index (Phi) is 4.53. The highest BCUT2D eigenvalue weighted by Gasteiger charge is 2.14. The Hall–Kier alpha value is -2.14. The fourth-order valence-corrected chi connectivity index (χ4v) is 1.96. The molecule has 3 nitrogen and oxygen atoms in total. The summed E-state index contributed by atoms with van der Waals surface area (Å²) in [4.78, 5) is 0. The lowest BCUT2D eigenvalue weighted by atomic mass is 10.1. The van der Waals surface area contributed by atoms with Gasteiger partial charge >= 0.3 is 0 Å². The van der Waals surface area contributed by atoms with Gasteiger partial charge in [-0.1, -0.05) is 18.2 Å². The molecule has 20 heavy (non-hydrogen) atoms. The number of benzene rings is 2. The topological polar surface area (TPSA) is 47.3 Å². The first-order valence-electron chi connectivity index (χ1n) is 6.20. The molecule has 0 aromatic heterocycles. The van der Waals surface area contributed by atoms with Crippen LogP contribution in [0.3, 0.4) is 0 Å². The van der Waals surface area contributed by atoms with Crippen molar-refractivity contribution in [2.24, 2.45) is 5.73 Å². The predicted molar refractivity (Wildman–Crippen MR) is 74.8 cm³/mol. The van der Waals surface area contributed by atoms with Crippen LogP contribution in [0.25, 0.3) is 0 Å². The second-order valence-corrected chi connectivity index (χ2v) is 4.31. The summed E-state index contributed by atoms with van der Waals surface area (Å²) in [7, 11) is 1.57. The molecular weight excluding hydrogens is 262 g/mol. The summed E-state index contributed by atoms with van der Waals surface area (Å²) in [6.45, 7) is 0.239. The highest BCUT2D eigenvalue weighted by atomic mass is 19.2. The molecule has 1 unspecified atom stereocenters. The lowest BCUT2D eigenvalue weighted by Crippen LogP contribution is -2.21. The molecule has 0 aliphatic heterocycles. The van der Waals surface area contributed by atoms with E-state index < -0.39 is 11.6 Å². The Morgan fingerprint density at radius 3 is 2.55 bits per heavy atom. The van der Waals surface area contributed by atoms with Crippen LogP contribution in [0.2, 0.25) is 0 Å². The largest absolute Gasteiger partial charge is 0.495 e. The second-order valence-electron chi connectivity index (χ2n) is 4.31. The lowest BCUT2D eigenvalue weighted by molar-refractivity contribution is 0.416. The summed E-state index contributed by atoms with van der Waals surface area (Å²) in [5.74, 6) is -1.10. The summed E-state index contributed by atoms with van der Waals surface area (Å²) in [6.07, 6.45) is 0. The van der Waals surface area contributed by atoms with Gasteiger partial charge in [0, 0.05) is 6.54 Å². The number of hydrogen-bond acceptors (Lipinski definition) is 3. The number of anilines is 1. The van der Waals surface area contributed by atoms with Gasteiger partial charge in [-0.15, -0.1) is 0 Å². The van der Waals surface area contributed by atoms with E-state index in [9.17, 15) is 8.78 Å². The Bertz CT molecular complexity index is 590. The van der Waals surface area contributed by atoms with Crippen LogP contribution in [0.15, 0.2) is 42.5 Å². The van der Waals surface area contributed by atoms with Crippen molar-refractivity contribution >= 4 is 5.69 Å². The van der Waals surface area contributed by atoms with E-state index in [1.165, 1.54) is 6.07 Å². The molecule has 0 aliphatic carbocycles. The fourth-order valence-electron chi connectivity index (χ4n) is 1.96. The minimum atomic E-state index is -0.886. The predicted octanol–water partition coefficient (Wildman–Crippen LogP) is 3.09. The Balaban J connectivity index is 2.26. The van der Waals surface area contributed by atoms with Crippen molar-refractivity contribution in [2.75, 3.05) is 19.0 Å². The molecule has 5 heteroatoms. The number of methoxy groups -OCH3 is 1. The zero-order valence-electron chi connectivity index (χ0n) is 11.1. The van der Waals surface area contributed by atoms with Gasteiger partial charge in [0.2, 0.25) is 0 Å². The standard InChI is InChI=1S/C15H16F2N2O/c1-20-15-5-3-2-4-13(15)19-14(9-18)10-6-7-11(16)12(17)8-10/h2-8,14,19H,9,18H2,1H3. The number of halogens is 2.